The minimum Gasteiger partial charge on any atom is -0.508 e. The number of hydrogen-bond donors (Lipinski definition) is 2. The number of halogens is 1. The molecule has 0 spiro atoms. The Labute approximate surface area is 106 Å². The van der Waals surface area contributed by atoms with Crippen LogP contribution in [0.15, 0.2) is 36.4 Å². The Balaban J connectivity index is 2.19. The van der Waals surface area contributed by atoms with Crippen molar-refractivity contribution in [3.05, 3.63) is 58.9 Å². The van der Waals surface area contributed by atoms with E-state index in [1.54, 1.807) is 12.1 Å². The van der Waals surface area contributed by atoms with E-state index >= 15 is 0 Å². The van der Waals surface area contributed by atoms with Crippen LogP contribution in [0.25, 0.3) is 0 Å². The molecule has 0 radical (unpaired) electrons. The van der Waals surface area contributed by atoms with E-state index < -0.39 is 0 Å². The molecule has 2 rings (SSSR count). The molecule has 2 aromatic rings. The molecule has 0 atom stereocenters. The summed E-state index contributed by atoms with van der Waals surface area (Å²) < 4.78 is 13.6. The maximum absolute atomic E-state index is 13.6. The first-order chi connectivity index (χ1) is 8.58. The van der Waals surface area contributed by atoms with Crippen LogP contribution in [0.1, 0.15) is 16.7 Å². The molecule has 0 unspecified atom stereocenters. The molecule has 0 aliphatic carbocycles. The Morgan fingerprint density at radius 2 is 1.94 bits per heavy atom. The van der Waals surface area contributed by atoms with Gasteiger partial charge in [0, 0.05) is 12.1 Å². The summed E-state index contributed by atoms with van der Waals surface area (Å²) in [5.74, 6) is -0.0516. The van der Waals surface area contributed by atoms with Crippen LogP contribution in [0.5, 0.6) is 5.75 Å². The van der Waals surface area contributed by atoms with Gasteiger partial charge >= 0.3 is 0 Å². The number of phenols is 1. The van der Waals surface area contributed by atoms with Crippen LogP contribution in [0.2, 0.25) is 0 Å². The van der Waals surface area contributed by atoms with Crippen molar-refractivity contribution in [1.29, 1.82) is 0 Å². The highest BCUT2D eigenvalue weighted by Crippen LogP contribution is 2.23. The molecule has 0 saturated carbocycles. The highest BCUT2D eigenvalue weighted by molar-refractivity contribution is 5.52. The van der Waals surface area contributed by atoms with Gasteiger partial charge in [0.05, 0.1) is 5.69 Å². The van der Waals surface area contributed by atoms with Crippen LogP contribution in [-0.2, 0) is 6.54 Å². The third kappa shape index (κ3) is 2.62. The Morgan fingerprint density at radius 3 is 2.67 bits per heavy atom. The lowest BCUT2D eigenvalue weighted by atomic mass is 10.1. The normalized spacial score (nSPS) is 10.4. The van der Waals surface area contributed by atoms with Crippen LogP contribution in [0.4, 0.5) is 10.1 Å². The van der Waals surface area contributed by atoms with Crippen molar-refractivity contribution in [2.24, 2.45) is 0 Å². The highest BCUT2D eigenvalue weighted by atomic mass is 19.1. The van der Waals surface area contributed by atoms with Crippen LogP contribution < -0.4 is 5.32 Å². The van der Waals surface area contributed by atoms with Crippen LogP contribution in [-0.4, -0.2) is 5.11 Å². The summed E-state index contributed by atoms with van der Waals surface area (Å²) in [5, 5.41) is 12.7. The van der Waals surface area contributed by atoms with Gasteiger partial charge < -0.3 is 10.4 Å². The SMILES string of the molecule is Cc1ccc(O)c(CNc2c(C)cccc2F)c1. The molecule has 0 aliphatic heterocycles. The number of rotatable bonds is 3. The van der Waals surface area contributed by atoms with Crippen molar-refractivity contribution >= 4 is 5.69 Å². The van der Waals surface area contributed by atoms with E-state index in [0.717, 1.165) is 16.7 Å². The molecule has 0 heterocycles. The van der Waals surface area contributed by atoms with Gasteiger partial charge in [-0.1, -0.05) is 29.8 Å². The largest absolute Gasteiger partial charge is 0.508 e. The Hall–Kier alpha value is -2.03. The number of nitrogens with one attached hydrogen (secondary N) is 1. The predicted octanol–water partition coefficient (Wildman–Crippen LogP) is 3.76. The second kappa shape index (κ2) is 5.08. The molecule has 0 bridgehead atoms. The van der Waals surface area contributed by atoms with Gasteiger partial charge in [-0.15, -0.1) is 0 Å². The molecular weight excluding hydrogens is 229 g/mol. The third-order valence-corrected chi connectivity index (χ3v) is 2.91. The van der Waals surface area contributed by atoms with Crippen LogP contribution in [0, 0.1) is 19.7 Å². The second-order valence-corrected chi connectivity index (χ2v) is 4.42. The molecule has 0 amide bonds. The van der Waals surface area contributed by atoms with Crippen molar-refractivity contribution in [1.82, 2.24) is 0 Å². The zero-order chi connectivity index (χ0) is 13.1. The van der Waals surface area contributed by atoms with Crippen molar-refractivity contribution in [3.63, 3.8) is 0 Å². The Kier molecular flexibility index (Phi) is 3.51. The minimum absolute atomic E-state index is 0.224. The third-order valence-electron chi connectivity index (χ3n) is 2.91. The fourth-order valence-electron chi connectivity index (χ4n) is 1.90. The van der Waals surface area contributed by atoms with E-state index in [1.807, 2.05) is 32.0 Å². The van der Waals surface area contributed by atoms with Gasteiger partial charge in [0.25, 0.3) is 0 Å². The van der Waals surface area contributed by atoms with E-state index in [1.165, 1.54) is 6.07 Å². The smallest absolute Gasteiger partial charge is 0.146 e. The fraction of sp³-hybridized carbons (Fsp3) is 0.200. The average molecular weight is 245 g/mol. The number of anilines is 1. The molecule has 2 nitrogen and oxygen atoms in total. The zero-order valence-electron chi connectivity index (χ0n) is 10.5. The first kappa shape index (κ1) is 12.4. The first-order valence-corrected chi connectivity index (χ1v) is 5.85. The van der Waals surface area contributed by atoms with Crippen molar-refractivity contribution in [3.8, 4) is 5.75 Å². The van der Waals surface area contributed by atoms with E-state index in [-0.39, 0.29) is 11.6 Å². The van der Waals surface area contributed by atoms with Crippen LogP contribution >= 0.6 is 0 Å². The summed E-state index contributed by atoms with van der Waals surface area (Å²) >= 11 is 0. The highest BCUT2D eigenvalue weighted by Gasteiger charge is 2.06. The molecule has 0 aliphatic rings. The molecular formula is C15H16FNO. The maximum atomic E-state index is 13.6. The minimum atomic E-state index is -0.276. The summed E-state index contributed by atoms with van der Waals surface area (Å²) in [6.45, 7) is 4.20. The number of para-hydroxylation sites is 1. The quantitative estimate of drug-likeness (QED) is 0.863. The summed E-state index contributed by atoms with van der Waals surface area (Å²) in [7, 11) is 0. The number of aryl methyl sites for hydroxylation is 2. The van der Waals surface area contributed by atoms with Gasteiger partial charge in [-0.25, -0.2) is 4.39 Å². The predicted molar refractivity (Wildman–Crippen MR) is 71.3 cm³/mol. The molecule has 18 heavy (non-hydrogen) atoms. The lowest BCUT2D eigenvalue weighted by molar-refractivity contribution is 0.469. The van der Waals surface area contributed by atoms with Gasteiger partial charge in [-0.05, 0) is 31.5 Å². The second-order valence-electron chi connectivity index (χ2n) is 4.42. The Morgan fingerprint density at radius 1 is 1.17 bits per heavy atom. The number of phenolic OH excluding ortho intramolecular Hbond substituents is 1. The molecule has 0 fully saturated rings. The molecule has 2 N–H and O–H groups in total. The van der Waals surface area contributed by atoms with Gasteiger partial charge in [0.2, 0.25) is 0 Å². The van der Waals surface area contributed by atoms with E-state index in [4.69, 9.17) is 0 Å². The van der Waals surface area contributed by atoms with E-state index in [2.05, 4.69) is 5.32 Å². The molecule has 0 aromatic heterocycles. The summed E-state index contributed by atoms with van der Waals surface area (Å²) in [4.78, 5) is 0. The monoisotopic (exact) mass is 245 g/mol. The number of hydrogen-bond acceptors (Lipinski definition) is 2. The fourth-order valence-corrected chi connectivity index (χ4v) is 1.90. The van der Waals surface area contributed by atoms with E-state index in [9.17, 15) is 9.50 Å². The molecule has 3 heteroatoms. The molecule has 0 saturated heterocycles. The first-order valence-electron chi connectivity index (χ1n) is 5.85. The zero-order valence-corrected chi connectivity index (χ0v) is 10.5. The average Bonchev–Trinajstić information content (AvgIpc) is 2.33. The molecule has 94 valence electrons. The van der Waals surface area contributed by atoms with Gasteiger partial charge in [-0.2, -0.15) is 0 Å². The van der Waals surface area contributed by atoms with Gasteiger partial charge in [0.1, 0.15) is 11.6 Å². The van der Waals surface area contributed by atoms with Crippen LogP contribution in [0.3, 0.4) is 0 Å². The standard InChI is InChI=1S/C15H16FNO/c1-10-6-7-14(18)12(8-10)9-17-15-11(2)4-3-5-13(15)16/h3-8,17-18H,9H2,1-2H3. The number of benzene rings is 2. The number of aromatic hydroxyl groups is 1. The Bertz CT molecular complexity index is 546. The van der Waals surface area contributed by atoms with E-state index in [0.29, 0.717) is 12.2 Å². The summed E-state index contributed by atoms with van der Waals surface area (Å²) in [5.41, 5.74) is 3.16. The van der Waals surface area contributed by atoms with Crippen molar-refractivity contribution in [2.45, 2.75) is 20.4 Å². The summed E-state index contributed by atoms with van der Waals surface area (Å²) in [6, 6.07) is 10.3. The molecule has 2 aromatic carbocycles. The lowest BCUT2D eigenvalue weighted by Gasteiger charge is -2.12. The van der Waals surface area contributed by atoms with Gasteiger partial charge in [-0.3, -0.25) is 0 Å². The van der Waals surface area contributed by atoms with Crippen molar-refractivity contribution in [2.75, 3.05) is 5.32 Å². The topological polar surface area (TPSA) is 32.3 Å². The lowest BCUT2D eigenvalue weighted by Crippen LogP contribution is -2.03. The van der Waals surface area contributed by atoms with Gasteiger partial charge in [0.15, 0.2) is 0 Å². The van der Waals surface area contributed by atoms with Crippen molar-refractivity contribution < 1.29 is 9.50 Å². The maximum Gasteiger partial charge on any atom is 0.146 e. The summed E-state index contributed by atoms with van der Waals surface area (Å²) in [6.07, 6.45) is 0.